The van der Waals surface area contributed by atoms with Crippen LogP contribution in [0.15, 0.2) is 66.7 Å². The zero-order valence-electron chi connectivity index (χ0n) is 17.0. The number of hydrogen-bond donors (Lipinski definition) is 0. The minimum absolute atomic E-state index is 0.115. The van der Waals surface area contributed by atoms with Crippen LogP contribution in [0, 0.1) is 0 Å². The second kappa shape index (κ2) is 7.01. The minimum atomic E-state index is -0.115. The molecule has 146 valence electrons. The second-order valence-electron chi connectivity index (χ2n) is 8.15. The van der Waals surface area contributed by atoms with Gasteiger partial charge in [0.05, 0.1) is 12.2 Å². The molecular weight excluding hydrogens is 376 g/mol. The van der Waals surface area contributed by atoms with Crippen LogP contribution in [0.1, 0.15) is 32.1 Å². The molecule has 1 aliphatic heterocycles. The Morgan fingerprint density at radius 2 is 1.55 bits per heavy atom. The first-order valence-corrected chi connectivity index (χ1v) is 10.9. The molecule has 3 aromatic carbocycles. The molecule has 0 N–H and O–H groups in total. The smallest absolute Gasteiger partial charge is 0.136 e. The van der Waals surface area contributed by atoms with Gasteiger partial charge in [-0.25, -0.2) is 0 Å². The van der Waals surface area contributed by atoms with Gasteiger partial charge in [0.25, 0.3) is 0 Å². The van der Waals surface area contributed by atoms with Crippen molar-refractivity contribution in [2.24, 2.45) is 0 Å². The van der Waals surface area contributed by atoms with Crippen LogP contribution in [0.2, 0.25) is 0 Å². The van der Waals surface area contributed by atoms with Gasteiger partial charge in [-0.2, -0.15) is 0 Å². The van der Waals surface area contributed by atoms with Crippen molar-refractivity contribution in [2.75, 3.05) is 0 Å². The van der Waals surface area contributed by atoms with Gasteiger partial charge >= 0.3 is 0 Å². The van der Waals surface area contributed by atoms with Gasteiger partial charge in [0.1, 0.15) is 11.5 Å². The molecule has 0 aliphatic carbocycles. The first-order valence-electron chi connectivity index (χ1n) is 10.1. The van der Waals surface area contributed by atoms with Crippen molar-refractivity contribution >= 4 is 22.1 Å². The Kier molecular flexibility index (Phi) is 4.45. The van der Waals surface area contributed by atoms with E-state index in [9.17, 15) is 0 Å². The summed E-state index contributed by atoms with van der Waals surface area (Å²) in [6.45, 7) is 7.09. The molecule has 1 aromatic heterocycles. The molecule has 1 aliphatic rings. The van der Waals surface area contributed by atoms with Crippen LogP contribution in [-0.4, -0.2) is 5.60 Å². The molecule has 3 heteroatoms. The van der Waals surface area contributed by atoms with Crippen molar-refractivity contribution in [3.63, 3.8) is 0 Å². The van der Waals surface area contributed by atoms with E-state index in [1.165, 1.54) is 26.1 Å². The molecule has 0 atom stereocenters. The Bertz CT molecular complexity index is 1200. The van der Waals surface area contributed by atoms with Crippen molar-refractivity contribution in [1.29, 1.82) is 0 Å². The van der Waals surface area contributed by atoms with Crippen LogP contribution < -0.4 is 4.74 Å². The number of thiophene rings is 1. The van der Waals surface area contributed by atoms with Crippen LogP contribution >= 0.6 is 11.3 Å². The summed E-state index contributed by atoms with van der Waals surface area (Å²) >= 11 is 1.81. The molecule has 2 heterocycles. The van der Waals surface area contributed by atoms with Gasteiger partial charge < -0.3 is 9.47 Å². The molecule has 0 saturated carbocycles. The highest BCUT2D eigenvalue weighted by molar-refractivity contribution is 7.16. The van der Waals surface area contributed by atoms with Gasteiger partial charge in [0.15, 0.2) is 0 Å². The van der Waals surface area contributed by atoms with Gasteiger partial charge in [0.2, 0.25) is 0 Å². The highest BCUT2D eigenvalue weighted by Gasteiger charge is 2.24. The van der Waals surface area contributed by atoms with Crippen LogP contribution in [0.4, 0.5) is 0 Å². The molecule has 0 saturated heterocycles. The second-order valence-corrected chi connectivity index (χ2v) is 9.29. The molecule has 0 radical (unpaired) electrons. The van der Waals surface area contributed by atoms with Crippen molar-refractivity contribution in [3.8, 4) is 33.1 Å². The standard InChI is InChI=1S/C26H24O2S/c1-4-26(2,3)27-16-19-15-21-20-11-7-8-12-23(20)28-24-14-18-10-6-5-9-17(18)13-22(24)25(21)29-19/h5-15H,4,16H2,1-3H3. The lowest BCUT2D eigenvalue weighted by Gasteiger charge is -2.22. The molecule has 0 fully saturated rings. The van der Waals surface area contributed by atoms with E-state index in [0.717, 1.165) is 29.0 Å². The Hall–Kier alpha value is -2.62. The van der Waals surface area contributed by atoms with E-state index in [2.05, 4.69) is 81.4 Å². The van der Waals surface area contributed by atoms with E-state index in [0.29, 0.717) is 6.61 Å². The Labute approximate surface area is 175 Å². The maximum absolute atomic E-state index is 6.40. The van der Waals surface area contributed by atoms with Crippen LogP contribution in [0.3, 0.4) is 0 Å². The van der Waals surface area contributed by atoms with Gasteiger partial charge in [-0.3, -0.25) is 0 Å². The lowest BCUT2D eigenvalue weighted by Crippen LogP contribution is -2.22. The maximum atomic E-state index is 6.40. The zero-order valence-corrected chi connectivity index (χ0v) is 17.8. The van der Waals surface area contributed by atoms with E-state index in [1.807, 2.05) is 17.4 Å². The van der Waals surface area contributed by atoms with Crippen LogP contribution in [-0.2, 0) is 11.3 Å². The van der Waals surface area contributed by atoms with E-state index in [1.54, 1.807) is 0 Å². The number of rotatable bonds is 4. The molecule has 4 aromatic rings. The molecule has 0 unspecified atom stereocenters. The highest BCUT2D eigenvalue weighted by atomic mass is 32.1. The lowest BCUT2D eigenvalue weighted by atomic mass is 10.00. The summed E-state index contributed by atoms with van der Waals surface area (Å²) in [5.41, 5.74) is 3.41. The molecule has 2 nitrogen and oxygen atoms in total. The first-order chi connectivity index (χ1) is 14.0. The normalized spacial score (nSPS) is 12.7. The predicted octanol–water partition coefficient (Wildman–Crippen LogP) is 8.05. The summed E-state index contributed by atoms with van der Waals surface area (Å²) in [6, 6.07) is 23.5. The number of para-hydroxylation sites is 1. The van der Waals surface area contributed by atoms with Gasteiger partial charge in [0, 0.05) is 26.4 Å². The summed E-state index contributed by atoms with van der Waals surface area (Å²) in [5.74, 6) is 1.82. The number of ether oxygens (including phenoxy) is 2. The maximum Gasteiger partial charge on any atom is 0.136 e. The summed E-state index contributed by atoms with van der Waals surface area (Å²) < 4.78 is 12.6. The largest absolute Gasteiger partial charge is 0.456 e. The quantitative estimate of drug-likeness (QED) is 0.304. The molecule has 0 amide bonds. The van der Waals surface area contributed by atoms with Crippen molar-refractivity contribution in [2.45, 2.75) is 39.4 Å². The Morgan fingerprint density at radius 1 is 0.828 bits per heavy atom. The van der Waals surface area contributed by atoms with E-state index in [-0.39, 0.29) is 5.60 Å². The van der Waals surface area contributed by atoms with Crippen LogP contribution in [0.25, 0.3) is 32.3 Å². The third-order valence-corrected chi connectivity index (χ3v) is 6.87. The minimum Gasteiger partial charge on any atom is -0.456 e. The number of benzene rings is 3. The average Bonchev–Trinajstić information content (AvgIpc) is 3.11. The average molecular weight is 401 g/mol. The Morgan fingerprint density at radius 3 is 2.34 bits per heavy atom. The van der Waals surface area contributed by atoms with Gasteiger partial charge in [-0.1, -0.05) is 49.4 Å². The van der Waals surface area contributed by atoms with Crippen molar-refractivity contribution in [3.05, 3.63) is 71.6 Å². The zero-order chi connectivity index (χ0) is 20.0. The molecule has 5 rings (SSSR count). The van der Waals surface area contributed by atoms with E-state index < -0.39 is 0 Å². The number of hydrogen-bond acceptors (Lipinski definition) is 3. The van der Waals surface area contributed by atoms with Crippen molar-refractivity contribution < 1.29 is 9.47 Å². The van der Waals surface area contributed by atoms with E-state index >= 15 is 0 Å². The molecule has 0 bridgehead atoms. The monoisotopic (exact) mass is 400 g/mol. The summed E-state index contributed by atoms with van der Waals surface area (Å²) in [7, 11) is 0. The fourth-order valence-corrected chi connectivity index (χ4v) is 4.76. The summed E-state index contributed by atoms with van der Waals surface area (Å²) in [4.78, 5) is 2.50. The van der Waals surface area contributed by atoms with Gasteiger partial charge in [-0.15, -0.1) is 11.3 Å². The van der Waals surface area contributed by atoms with Crippen LogP contribution in [0.5, 0.6) is 11.5 Å². The third-order valence-electron chi connectivity index (χ3n) is 5.73. The Balaban J connectivity index is 1.68. The first kappa shape index (κ1) is 18.4. The summed E-state index contributed by atoms with van der Waals surface area (Å²) in [5, 5.41) is 2.42. The molecular formula is C26H24O2S. The topological polar surface area (TPSA) is 18.5 Å². The predicted molar refractivity (Wildman–Crippen MR) is 122 cm³/mol. The SMILES string of the molecule is CCC(C)(C)OCc1cc2c(s1)-c1cc3ccccc3cc1Oc1ccccc1-2. The highest BCUT2D eigenvalue weighted by Crippen LogP contribution is 2.51. The molecule has 0 spiro atoms. The lowest BCUT2D eigenvalue weighted by molar-refractivity contribution is -0.0304. The number of fused-ring (bicyclic) bond motifs is 6. The third kappa shape index (κ3) is 3.35. The summed E-state index contributed by atoms with van der Waals surface area (Å²) in [6.07, 6.45) is 0.990. The van der Waals surface area contributed by atoms with Gasteiger partial charge in [-0.05, 0) is 55.3 Å². The fraction of sp³-hybridized carbons (Fsp3) is 0.231. The fourth-order valence-electron chi connectivity index (χ4n) is 3.66. The molecule has 29 heavy (non-hydrogen) atoms. The van der Waals surface area contributed by atoms with Crippen molar-refractivity contribution in [1.82, 2.24) is 0 Å². The van der Waals surface area contributed by atoms with E-state index in [4.69, 9.17) is 9.47 Å².